The molecule has 2 aromatic rings. The van der Waals surface area contributed by atoms with Crippen LogP contribution in [0.15, 0.2) is 29.3 Å². The van der Waals surface area contributed by atoms with Crippen LogP contribution in [0.3, 0.4) is 0 Å². The Kier molecular flexibility index (Phi) is 2.59. The molecule has 0 saturated carbocycles. The lowest BCUT2D eigenvalue weighted by molar-refractivity contribution is 0.565. The number of nitrogens with zero attached hydrogens (tertiary/aromatic N) is 1. The number of benzene rings is 2. The number of aliphatic imine (C=N–C) groups is 1. The summed E-state index contributed by atoms with van der Waals surface area (Å²) in [5.41, 5.74) is 4.26. The van der Waals surface area contributed by atoms with Gasteiger partial charge in [-0.3, -0.25) is 0 Å². The minimum absolute atomic E-state index is 0.705. The maximum Gasteiger partial charge on any atom is 0.240 e. The fourth-order valence-corrected chi connectivity index (χ4v) is 2.16. The molecular formula is C14H13NO. The van der Waals surface area contributed by atoms with E-state index in [-0.39, 0.29) is 0 Å². The van der Waals surface area contributed by atoms with Crippen molar-refractivity contribution in [2.75, 3.05) is 0 Å². The fraction of sp³-hybridized carbons (Fsp3) is 0.214. The zero-order chi connectivity index (χ0) is 11.7. The molecule has 0 aliphatic rings. The molecule has 0 aliphatic carbocycles. The normalized spacial score (nSPS) is 10.2. The largest absolute Gasteiger partial charge is 0.240 e. The Morgan fingerprint density at radius 3 is 1.94 bits per heavy atom. The van der Waals surface area contributed by atoms with Crippen LogP contribution in [0.2, 0.25) is 0 Å². The molecule has 0 aromatic heterocycles. The number of hydrogen-bond acceptors (Lipinski definition) is 2. The van der Waals surface area contributed by atoms with Gasteiger partial charge in [-0.05, 0) is 48.9 Å². The zero-order valence-electron chi connectivity index (χ0n) is 9.66. The van der Waals surface area contributed by atoms with Gasteiger partial charge in [0.15, 0.2) is 0 Å². The van der Waals surface area contributed by atoms with Gasteiger partial charge in [-0.15, -0.1) is 0 Å². The van der Waals surface area contributed by atoms with E-state index in [9.17, 15) is 4.79 Å². The van der Waals surface area contributed by atoms with Crippen LogP contribution in [-0.4, -0.2) is 6.08 Å². The summed E-state index contributed by atoms with van der Waals surface area (Å²) in [7, 11) is 0. The highest BCUT2D eigenvalue weighted by atomic mass is 16.1. The van der Waals surface area contributed by atoms with Gasteiger partial charge in [-0.1, -0.05) is 18.2 Å². The first-order chi connectivity index (χ1) is 7.65. The Morgan fingerprint density at radius 1 is 0.875 bits per heavy atom. The van der Waals surface area contributed by atoms with Gasteiger partial charge in [-0.25, -0.2) is 4.79 Å². The molecule has 0 heterocycles. The Labute approximate surface area is 94.6 Å². The SMILES string of the molecule is Cc1ccc(C)c2c(N=C=O)ccc(C)c12. The molecule has 0 amide bonds. The first-order valence-electron chi connectivity index (χ1n) is 5.22. The monoisotopic (exact) mass is 211 g/mol. The highest BCUT2D eigenvalue weighted by Crippen LogP contribution is 2.33. The fourth-order valence-electron chi connectivity index (χ4n) is 2.16. The Hall–Kier alpha value is -1.92. The zero-order valence-corrected chi connectivity index (χ0v) is 9.66. The van der Waals surface area contributed by atoms with Gasteiger partial charge in [-0.2, -0.15) is 4.99 Å². The van der Waals surface area contributed by atoms with E-state index in [2.05, 4.69) is 31.0 Å². The summed E-state index contributed by atoms with van der Waals surface area (Å²) in [6.07, 6.45) is 1.62. The Bertz CT molecular complexity index is 599. The maximum atomic E-state index is 10.4. The smallest absolute Gasteiger partial charge is 0.211 e. The van der Waals surface area contributed by atoms with E-state index < -0.39 is 0 Å². The molecule has 0 atom stereocenters. The van der Waals surface area contributed by atoms with E-state index >= 15 is 0 Å². The number of rotatable bonds is 1. The summed E-state index contributed by atoms with van der Waals surface area (Å²) < 4.78 is 0. The second kappa shape index (κ2) is 3.92. The van der Waals surface area contributed by atoms with E-state index in [0.29, 0.717) is 5.69 Å². The third kappa shape index (κ3) is 1.54. The van der Waals surface area contributed by atoms with Crippen LogP contribution in [0.4, 0.5) is 5.69 Å². The van der Waals surface area contributed by atoms with Crippen LogP contribution in [0.25, 0.3) is 10.8 Å². The summed E-state index contributed by atoms with van der Waals surface area (Å²) in [6, 6.07) is 8.01. The van der Waals surface area contributed by atoms with E-state index in [4.69, 9.17) is 0 Å². The van der Waals surface area contributed by atoms with Crippen LogP contribution in [0.5, 0.6) is 0 Å². The van der Waals surface area contributed by atoms with E-state index in [0.717, 1.165) is 10.9 Å². The first kappa shape index (κ1) is 10.6. The van der Waals surface area contributed by atoms with Crippen molar-refractivity contribution in [1.82, 2.24) is 0 Å². The van der Waals surface area contributed by atoms with Gasteiger partial charge in [0.2, 0.25) is 6.08 Å². The molecule has 0 aliphatic heterocycles. The number of aryl methyl sites for hydroxylation is 3. The third-order valence-electron chi connectivity index (χ3n) is 2.93. The van der Waals surface area contributed by atoms with Crippen molar-refractivity contribution in [3.63, 3.8) is 0 Å². The second-order valence-corrected chi connectivity index (χ2v) is 4.05. The van der Waals surface area contributed by atoms with Crippen LogP contribution >= 0.6 is 0 Å². The van der Waals surface area contributed by atoms with Gasteiger partial charge in [0.1, 0.15) is 0 Å². The lowest BCUT2D eigenvalue weighted by Crippen LogP contribution is -1.87. The highest BCUT2D eigenvalue weighted by molar-refractivity contribution is 5.99. The summed E-state index contributed by atoms with van der Waals surface area (Å²) >= 11 is 0. The quantitative estimate of drug-likeness (QED) is 0.522. The Morgan fingerprint density at radius 2 is 1.38 bits per heavy atom. The van der Waals surface area contributed by atoms with Crippen molar-refractivity contribution in [3.05, 3.63) is 41.0 Å². The molecule has 0 unspecified atom stereocenters. The molecule has 2 rings (SSSR count). The molecule has 80 valence electrons. The predicted molar refractivity (Wildman–Crippen MR) is 65.9 cm³/mol. The molecule has 16 heavy (non-hydrogen) atoms. The van der Waals surface area contributed by atoms with E-state index in [1.807, 2.05) is 19.1 Å². The van der Waals surface area contributed by atoms with Crippen molar-refractivity contribution in [1.29, 1.82) is 0 Å². The molecular weight excluding hydrogens is 198 g/mol. The molecule has 0 radical (unpaired) electrons. The van der Waals surface area contributed by atoms with Crippen LogP contribution < -0.4 is 0 Å². The number of isocyanates is 1. The van der Waals surface area contributed by atoms with E-state index in [1.54, 1.807) is 6.08 Å². The second-order valence-electron chi connectivity index (χ2n) is 4.05. The van der Waals surface area contributed by atoms with Crippen LogP contribution in [0, 0.1) is 20.8 Å². The molecule has 0 spiro atoms. The lowest BCUT2D eigenvalue weighted by Gasteiger charge is -2.10. The average molecular weight is 211 g/mol. The third-order valence-corrected chi connectivity index (χ3v) is 2.93. The summed E-state index contributed by atoms with van der Waals surface area (Å²) in [5.74, 6) is 0. The first-order valence-corrected chi connectivity index (χ1v) is 5.22. The number of carbonyl (C=O) groups excluding carboxylic acids is 1. The minimum atomic E-state index is 0.705. The topological polar surface area (TPSA) is 29.4 Å². The Balaban J connectivity index is 3.02. The van der Waals surface area contributed by atoms with Crippen LogP contribution in [-0.2, 0) is 4.79 Å². The summed E-state index contributed by atoms with van der Waals surface area (Å²) in [6.45, 7) is 6.18. The number of hydrogen-bond donors (Lipinski definition) is 0. The van der Waals surface area contributed by atoms with Gasteiger partial charge in [0.05, 0.1) is 5.69 Å². The summed E-state index contributed by atoms with van der Waals surface area (Å²) in [4.78, 5) is 14.2. The molecule has 0 saturated heterocycles. The lowest BCUT2D eigenvalue weighted by atomic mass is 9.96. The van der Waals surface area contributed by atoms with Crippen molar-refractivity contribution < 1.29 is 4.79 Å². The van der Waals surface area contributed by atoms with E-state index in [1.165, 1.54) is 16.5 Å². The van der Waals surface area contributed by atoms with Gasteiger partial charge in [0, 0.05) is 5.39 Å². The van der Waals surface area contributed by atoms with Crippen molar-refractivity contribution in [3.8, 4) is 0 Å². The standard InChI is InChI=1S/C14H13NO/c1-9-4-5-11(3)14-12(15-8-16)7-6-10(2)13(9)14/h4-7H,1-3H3. The molecule has 2 nitrogen and oxygen atoms in total. The number of fused-ring (bicyclic) bond motifs is 1. The predicted octanol–water partition coefficient (Wildman–Crippen LogP) is 3.73. The molecule has 2 aromatic carbocycles. The van der Waals surface area contributed by atoms with Gasteiger partial charge in [0.25, 0.3) is 0 Å². The molecule has 0 bridgehead atoms. The average Bonchev–Trinajstić information content (AvgIpc) is 2.26. The van der Waals surface area contributed by atoms with Crippen LogP contribution in [0.1, 0.15) is 16.7 Å². The van der Waals surface area contributed by atoms with Crippen molar-refractivity contribution >= 4 is 22.5 Å². The molecule has 0 N–H and O–H groups in total. The summed E-state index contributed by atoms with van der Waals surface area (Å²) in [5, 5.41) is 2.25. The van der Waals surface area contributed by atoms with Crippen molar-refractivity contribution in [2.45, 2.75) is 20.8 Å². The maximum absolute atomic E-state index is 10.4. The van der Waals surface area contributed by atoms with Gasteiger partial charge >= 0.3 is 0 Å². The minimum Gasteiger partial charge on any atom is -0.211 e. The van der Waals surface area contributed by atoms with Gasteiger partial charge < -0.3 is 0 Å². The molecule has 0 fully saturated rings. The highest BCUT2D eigenvalue weighted by Gasteiger charge is 2.07. The molecule has 2 heteroatoms. The van der Waals surface area contributed by atoms with Crippen molar-refractivity contribution in [2.24, 2.45) is 4.99 Å².